The van der Waals surface area contributed by atoms with E-state index in [4.69, 9.17) is 5.26 Å². The van der Waals surface area contributed by atoms with Gasteiger partial charge in [0.15, 0.2) is 5.78 Å². The second-order valence-electron chi connectivity index (χ2n) is 6.60. The Morgan fingerprint density at radius 1 is 1.35 bits per heavy atom. The molecule has 1 amide bonds. The number of carboxylic acid groups (broad SMARTS) is 1. The number of carbonyl (C=O) groups excluding carboxylic acids is 3. The van der Waals surface area contributed by atoms with E-state index < -0.39 is 45.8 Å². The zero-order valence-electron chi connectivity index (χ0n) is 14.5. The SMILES string of the molecule is CC1(C)S[C@@H]2[C@H]([C@H](O)C(=O)c3ccc(C#N)cc3)C(=O)N2[C@H]1C(=O)[O-].[K+]. The molecule has 0 spiro atoms. The first-order valence-corrected chi connectivity index (χ1v) is 8.50. The molecule has 7 nitrogen and oxygen atoms in total. The molecule has 2 heterocycles. The van der Waals surface area contributed by atoms with E-state index in [-0.39, 0.29) is 56.9 Å². The Bertz CT molecular complexity index is 804. The third-order valence-electron chi connectivity index (χ3n) is 4.61. The van der Waals surface area contributed by atoms with Crippen LogP contribution in [0.3, 0.4) is 0 Å². The fourth-order valence-corrected chi connectivity index (χ4v) is 5.07. The minimum Gasteiger partial charge on any atom is -0.548 e. The van der Waals surface area contributed by atoms with Gasteiger partial charge in [-0.1, -0.05) is 0 Å². The van der Waals surface area contributed by atoms with Gasteiger partial charge in [-0.25, -0.2) is 0 Å². The maximum atomic E-state index is 12.4. The van der Waals surface area contributed by atoms with Crippen LogP contribution >= 0.6 is 11.8 Å². The monoisotopic (exact) mass is 398 g/mol. The Kier molecular flexibility index (Phi) is 6.40. The summed E-state index contributed by atoms with van der Waals surface area (Å²) in [6.45, 7) is 3.38. The number of aliphatic carboxylic acids is 1. The number of thioether (sulfide) groups is 1. The molecule has 0 aliphatic carbocycles. The Balaban J connectivity index is 0.00000243. The van der Waals surface area contributed by atoms with Gasteiger partial charge in [-0.2, -0.15) is 5.26 Å². The number of carbonyl (C=O) groups is 3. The van der Waals surface area contributed by atoms with Crippen molar-refractivity contribution in [1.82, 2.24) is 4.90 Å². The fourth-order valence-electron chi connectivity index (χ4n) is 3.36. The predicted octanol–water partition coefficient (Wildman–Crippen LogP) is -3.47. The molecular formula is C17H15KN2O5S. The Morgan fingerprint density at radius 2 is 1.92 bits per heavy atom. The van der Waals surface area contributed by atoms with Gasteiger partial charge >= 0.3 is 51.4 Å². The van der Waals surface area contributed by atoms with Gasteiger partial charge < -0.3 is 19.9 Å². The maximum absolute atomic E-state index is 12.4. The van der Waals surface area contributed by atoms with Gasteiger partial charge in [0.25, 0.3) is 0 Å². The van der Waals surface area contributed by atoms with Crippen LogP contribution in [0, 0.1) is 17.2 Å². The first kappa shape index (κ1) is 21.6. The van der Waals surface area contributed by atoms with Gasteiger partial charge in [0.05, 0.1) is 29.0 Å². The van der Waals surface area contributed by atoms with Crippen LogP contribution in [0.2, 0.25) is 0 Å². The number of benzene rings is 1. The minimum absolute atomic E-state index is 0. The molecule has 0 unspecified atom stereocenters. The minimum atomic E-state index is -1.56. The molecule has 26 heavy (non-hydrogen) atoms. The maximum Gasteiger partial charge on any atom is 1.00 e. The molecule has 0 aromatic heterocycles. The van der Waals surface area contributed by atoms with Crippen molar-refractivity contribution in [2.75, 3.05) is 0 Å². The van der Waals surface area contributed by atoms with Crippen molar-refractivity contribution in [3.8, 4) is 6.07 Å². The van der Waals surface area contributed by atoms with Crippen molar-refractivity contribution >= 4 is 29.4 Å². The number of hydrogen-bond acceptors (Lipinski definition) is 7. The molecule has 130 valence electrons. The van der Waals surface area contributed by atoms with E-state index in [0.29, 0.717) is 5.56 Å². The van der Waals surface area contributed by atoms with E-state index in [1.54, 1.807) is 13.8 Å². The summed E-state index contributed by atoms with van der Waals surface area (Å²) in [6, 6.07) is 6.58. The van der Waals surface area contributed by atoms with Crippen LogP contribution in [0.25, 0.3) is 0 Å². The van der Waals surface area contributed by atoms with Crippen LogP contribution in [0.5, 0.6) is 0 Å². The molecule has 2 fully saturated rings. The van der Waals surface area contributed by atoms with Crippen LogP contribution in [0.15, 0.2) is 24.3 Å². The molecular weight excluding hydrogens is 383 g/mol. The molecule has 2 aliphatic rings. The largest absolute Gasteiger partial charge is 1.00 e. The van der Waals surface area contributed by atoms with Crippen LogP contribution in [-0.2, 0) is 9.59 Å². The number of carboxylic acids is 1. The van der Waals surface area contributed by atoms with Crippen LogP contribution in [0.4, 0.5) is 0 Å². The number of fused-ring (bicyclic) bond motifs is 1. The number of rotatable bonds is 4. The summed E-state index contributed by atoms with van der Waals surface area (Å²) in [7, 11) is 0. The number of hydrogen-bond donors (Lipinski definition) is 1. The smallest absolute Gasteiger partial charge is 0.548 e. The topological polar surface area (TPSA) is 122 Å². The standard InChI is InChI=1S/C17H16N2O5S.K/c1-17(2)13(16(23)24)19-14(22)10(15(19)25-17)12(21)11(20)9-5-3-8(7-18)4-6-9;/h3-6,10,12-13,15,21H,1-2H3,(H,23,24);/q;+1/p-1/t10-,12+,13+,15-;/m1./s1. The normalized spacial score (nSPS) is 26.8. The summed E-state index contributed by atoms with van der Waals surface area (Å²) >= 11 is 1.24. The van der Waals surface area contributed by atoms with E-state index in [2.05, 4.69) is 0 Å². The van der Waals surface area contributed by atoms with Crippen LogP contribution < -0.4 is 56.5 Å². The Hall–Kier alpha value is -0.734. The molecule has 1 aromatic carbocycles. The number of β-lactam (4-membered cyclic amide) rings is 1. The van der Waals surface area contributed by atoms with Crippen molar-refractivity contribution in [3.05, 3.63) is 35.4 Å². The fraction of sp³-hybridized carbons (Fsp3) is 0.412. The predicted molar refractivity (Wildman–Crippen MR) is 86.1 cm³/mol. The summed E-state index contributed by atoms with van der Waals surface area (Å²) in [5.41, 5.74) is 0.568. The van der Waals surface area contributed by atoms with Crippen LogP contribution in [0.1, 0.15) is 29.8 Å². The van der Waals surface area contributed by atoms with Crippen molar-refractivity contribution in [2.45, 2.75) is 36.1 Å². The molecule has 2 saturated heterocycles. The average Bonchev–Trinajstić information content (AvgIpc) is 2.82. The molecule has 1 N–H and O–H groups in total. The molecule has 2 aliphatic heterocycles. The average molecular weight is 398 g/mol. The summed E-state index contributed by atoms with van der Waals surface area (Å²) in [5, 5.41) is 30.0. The number of Topliss-reactive ketones (excluding diaryl/α,β-unsaturated/α-hetero) is 1. The number of aliphatic hydroxyl groups excluding tert-OH is 1. The third-order valence-corrected chi connectivity index (χ3v) is 6.21. The van der Waals surface area contributed by atoms with Crippen molar-refractivity contribution in [3.63, 3.8) is 0 Å². The van der Waals surface area contributed by atoms with Gasteiger partial charge in [0, 0.05) is 10.3 Å². The van der Waals surface area contributed by atoms with Gasteiger partial charge in [-0.05, 0) is 38.1 Å². The zero-order chi connectivity index (χ0) is 18.5. The summed E-state index contributed by atoms with van der Waals surface area (Å²) in [4.78, 5) is 37.4. The second kappa shape index (κ2) is 7.71. The molecule has 0 saturated carbocycles. The van der Waals surface area contributed by atoms with E-state index in [9.17, 15) is 24.6 Å². The van der Waals surface area contributed by atoms with Crippen molar-refractivity contribution in [2.24, 2.45) is 5.92 Å². The third kappa shape index (κ3) is 3.40. The van der Waals surface area contributed by atoms with Gasteiger partial charge in [0.2, 0.25) is 5.91 Å². The molecule has 0 radical (unpaired) electrons. The number of nitriles is 1. The van der Waals surface area contributed by atoms with Gasteiger partial charge in [-0.15, -0.1) is 11.8 Å². The first-order valence-electron chi connectivity index (χ1n) is 7.62. The quantitative estimate of drug-likeness (QED) is 0.318. The van der Waals surface area contributed by atoms with E-state index in [1.807, 2.05) is 6.07 Å². The van der Waals surface area contributed by atoms with Gasteiger partial charge in [0.1, 0.15) is 12.0 Å². The van der Waals surface area contributed by atoms with Crippen molar-refractivity contribution < 1.29 is 76.0 Å². The summed E-state index contributed by atoms with van der Waals surface area (Å²) in [5.74, 6) is -3.53. The number of ketones is 1. The number of amides is 1. The molecule has 9 heteroatoms. The molecule has 4 atom stereocenters. The van der Waals surface area contributed by atoms with Crippen molar-refractivity contribution in [1.29, 1.82) is 5.26 Å². The number of nitrogens with zero attached hydrogens (tertiary/aromatic N) is 2. The molecule has 1 aromatic rings. The zero-order valence-corrected chi connectivity index (χ0v) is 18.4. The van der Waals surface area contributed by atoms with Gasteiger partial charge in [-0.3, -0.25) is 9.59 Å². The Morgan fingerprint density at radius 3 is 2.42 bits per heavy atom. The molecule has 0 bridgehead atoms. The van der Waals surface area contributed by atoms with E-state index >= 15 is 0 Å². The molecule has 3 rings (SSSR count). The van der Waals surface area contributed by atoms with Crippen LogP contribution in [-0.4, -0.2) is 49.9 Å². The van der Waals surface area contributed by atoms with E-state index in [0.717, 1.165) is 0 Å². The second-order valence-corrected chi connectivity index (χ2v) is 8.37. The first-order chi connectivity index (χ1) is 11.7. The summed E-state index contributed by atoms with van der Waals surface area (Å²) in [6.07, 6.45) is -1.56. The van der Waals surface area contributed by atoms with E-state index in [1.165, 1.54) is 40.9 Å². The number of aliphatic hydroxyl groups is 1. The summed E-state index contributed by atoms with van der Waals surface area (Å²) < 4.78 is -0.773. The Labute approximate surface area is 197 Å².